The Morgan fingerprint density at radius 1 is 0.919 bits per heavy atom. The highest BCUT2D eigenvalue weighted by molar-refractivity contribution is 6.98. The molecule has 37 heavy (non-hydrogen) atoms. The fourth-order valence-electron chi connectivity index (χ4n) is 6.31. The third-order valence-electron chi connectivity index (χ3n) is 8.51. The van der Waals surface area contributed by atoms with Crippen molar-refractivity contribution in [2.24, 2.45) is 5.92 Å². The molecule has 0 radical (unpaired) electrons. The highest BCUT2D eigenvalue weighted by Gasteiger charge is 2.61. The van der Waals surface area contributed by atoms with Gasteiger partial charge in [0.15, 0.2) is 6.29 Å². The van der Waals surface area contributed by atoms with Crippen LogP contribution in [-0.4, -0.2) is 43.0 Å². The molecule has 0 spiro atoms. The van der Waals surface area contributed by atoms with Crippen molar-refractivity contribution < 1.29 is 24.1 Å². The Hall–Kier alpha value is -2.32. The Bertz CT molecular complexity index is 1100. The topological polar surface area (TPSA) is 68.2 Å². The van der Waals surface area contributed by atoms with E-state index in [9.17, 15) is 9.90 Å². The van der Waals surface area contributed by atoms with Crippen LogP contribution in [-0.2, 0) is 20.8 Å². The van der Waals surface area contributed by atoms with Crippen LogP contribution in [0.5, 0.6) is 0 Å². The van der Waals surface area contributed by atoms with Crippen LogP contribution in [0.15, 0.2) is 91.0 Å². The summed E-state index contributed by atoms with van der Waals surface area (Å²) in [6.45, 7) is 4.98. The predicted molar refractivity (Wildman–Crippen MR) is 147 cm³/mol. The average Bonchev–Trinajstić information content (AvgIpc) is 3.41. The van der Waals surface area contributed by atoms with Gasteiger partial charge in [0, 0.05) is 5.92 Å². The van der Waals surface area contributed by atoms with Gasteiger partial charge in [0.1, 0.15) is 6.79 Å². The molecule has 1 saturated carbocycles. The molecule has 3 aromatic carbocycles. The van der Waals surface area contributed by atoms with E-state index >= 15 is 0 Å². The highest BCUT2D eigenvalue weighted by atomic mass is 28.4. The van der Waals surface area contributed by atoms with Crippen molar-refractivity contribution in [3.63, 3.8) is 0 Å². The summed E-state index contributed by atoms with van der Waals surface area (Å²) in [6, 6.07) is 30.2. The number of hydrogen-bond donors (Lipinski definition) is 2. The monoisotopic (exact) mass is 518 g/mol. The maximum atomic E-state index is 12.5. The first kappa shape index (κ1) is 26.3. The summed E-state index contributed by atoms with van der Waals surface area (Å²) in [5.41, 5.74) is 0.527. The third kappa shape index (κ3) is 5.07. The van der Waals surface area contributed by atoms with Gasteiger partial charge >= 0.3 is 0 Å². The van der Waals surface area contributed by atoms with Crippen molar-refractivity contribution in [1.29, 1.82) is 0 Å². The molecule has 2 fully saturated rings. The molecule has 4 unspecified atom stereocenters. The molecule has 2 aliphatic rings. The van der Waals surface area contributed by atoms with Gasteiger partial charge in [0.2, 0.25) is 0 Å². The molecule has 0 aromatic heterocycles. The quantitative estimate of drug-likeness (QED) is 0.224. The second-order valence-corrected chi connectivity index (χ2v) is 15.1. The lowest BCUT2D eigenvalue weighted by Crippen LogP contribution is -2.65. The van der Waals surface area contributed by atoms with Crippen molar-refractivity contribution in [2.75, 3.05) is 6.79 Å². The van der Waals surface area contributed by atoms with Crippen LogP contribution in [0.2, 0.25) is 5.04 Å². The number of aliphatic hydroxyl groups excluding tert-OH is 1. The average molecular weight is 519 g/mol. The minimum Gasteiger partial charge on any atom is -0.424 e. The molecule has 1 saturated heterocycles. The van der Waals surface area contributed by atoms with Crippen LogP contribution >= 0.6 is 0 Å². The molecule has 4 atom stereocenters. The van der Waals surface area contributed by atoms with E-state index < -0.39 is 25.2 Å². The van der Waals surface area contributed by atoms with E-state index in [2.05, 4.69) is 38.1 Å². The van der Waals surface area contributed by atoms with Crippen molar-refractivity contribution in [3.8, 4) is 0 Å². The van der Waals surface area contributed by atoms with Gasteiger partial charge in [0.25, 0.3) is 8.32 Å². The summed E-state index contributed by atoms with van der Waals surface area (Å²) in [6.07, 6.45) is 2.09. The van der Waals surface area contributed by atoms with Crippen molar-refractivity contribution in [3.05, 3.63) is 96.6 Å². The zero-order valence-corrected chi connectivity index (χ0v) is 22.8. The summed E-state index contributed by atoms with van der Waals surface area (Å²) in [5, 5.41) is 12.3. The number of fused-ring (bicyclic) bond motifs is 2. The lowest BCUT2D eigenvalue weighted by molar-refractivity contribution is -0.187. The highest BCUT2D eigenvalue weighted by Crippen LogP contribution is 2.54. The summed E-state index contributed by atoms with van der Waals surface area (Å²) in [5.74, 6) is -0.0530. The molecule has 1 heterocycles. The summed E-state index contributed by atoms with van der Waals surface area (Å²) < 4.78 is 18.3. The zero-order valence-electron chi connectivity index (χ0n) is 21.8. The number of ether oxygens (including phenoxy) is 3. The summed E-state index contributed by atoms with van der Waals surface area (Å²) in [7, 11) is -3.12. The van der Waals surface area contributed by atoms with Crippen LogP contribution in [0.25, 0.3) is 0 Å². The zero-order chi connectivity index (χ0) is 25.9. The molecule has 1 aliphatic carbocycles. The van der Waals surface area contributed by atoms with Crippen LogP contribution in [0.4, 0.5) is 0 Å². The van der Waals surface area contributed by atoms with Crippen molar-refractivity contribution in [1.82, 2.24) is 0 Å². The summed E-state index contributed by atoms with van der Waals surface area (Å²) in [4.78, 5) is 12.5. The second-order valence-electron chi connectivity index (χ2n) is 11.1. The van der Waals surface area contributed by atoms with Gasteiger partial charge in [-0.05, 0) is 46.7 Å². The Morgan fingerprint density at radius 3 is 2.05 bits per heavy atom. The molecule has 2 N–H and O–H groups in total. The fraction of sp³-hybridized carbons (Fsp3) is 0.419. The van der Waals surface area contributed by atoms with E-state index in [0.29, 0.717) is 13.0 Å². The number of benzene rings is 3. The van der Waals surface area contributed by atoms with Crippen LogP contribution < -0.4 is 10.4 Å². The molecule has 5 rings (SSSR count). The maximum Gasteiger partial charge on any atom is 0.258 e. The van der Waals surface area contributed by atoms with Crippen molar-refractivity contribution >= 4 is 18.7 Å². The van der Waals surface area contributed by atoms with Crippen LogP contribution in [0, 0.1) is 5.92 Å². The van der Waals surface area contributed by atoms with E-state index in [4.69, 9.17) is 14.2 Å². The first-order valence-corrected chi connectivity index (χ1v) is 15.2. The largest absolute Gasteiger partial charge is 0.424 e. The first-order chi connectivity index (χ1) is 17.9. The normalized spacial score (nSPS) is 25.5. The smallest absolute Gasteiger partial charge is 0.258 e. The number of aliphatic hydroxyl groups is 1. The molecule has 1 aliphatic heterocycles. The first-order valence-electron chi connectivity index (χ1n) is 13.3. The van der Waals surface area contributed by atoms with Gasteiger partial charge in [-0.2, -0.15) is 0 Å². The Kier molecular flexibility index (Phi) is 7.68. The molecule has 0 amide bonds. The minimum absolute atomic E-state index is 0.0530. The fourth-order valence-corrected chi connectivity index (χ4v) is 10.0. The molecular formula is C31H38O5Si. The Balaban J connectivity index is 1.31. The van der Waals surface area contributed by atoms with Gasteiger partial charge in [-0.3, -0.25) is 0 Å². The molecule has 5 nitrogen and oxygen atoms in total. The number of hydrogen-bond acceptors (Lipinski definition) is 5. The van der Waals surface area contributed by atoms with Crippen LogP contribution in [0.1, 0.15) is 45.1 Å². The van der Waals surface area contributed by atoms with Gasteiger partial charge in [-0.25, -0.2) is 0 Å². The standard InChI is InChI=1S/C31H38O5Si/c1-30(2,37(33,25-14-8-4-9-15-25)26-16-10-5-11-17-26)20-21-31-19-18-27(29(32)36-31)28(31)35-23-34-22-24-12-6-3-7-13-24/h3-17,27-29,32-33H,18-23H2,1-2H3. The Labute approximate surface area is 221 Å². The van der Waals surface area contributed by atoms with Gasteiger partial charge in [0.05, 0.1) is 18.3 Å². The second kappa shape index (κ2) is 10.8. The predicted octanol–water partition coefficient (Wildman–Crippen LogP) is 4.36. The molecule has 196 valence electrons. The van der Waals surface area contributed by atoms with Gasteiger partial charge in [-0.15, -0.1) is 0 Å². The van der Waals surface area contributed by atoms with Gasteiger partial charge < -0.3 is 24.1 Å². The molecule has 2 bridgehead atoms. The SMILES string of the molecule is CC(C)(CCC12CCC(C(O)O1)C2OCOCc1ccccc1)[Si](O)(c1ccccc1)c1ccccc1. The van der Waals surface area contributed by atoms with E-state index in [1.54, 1.807) is 0 Å². The van der Waals surface area contributed by atoms with E-state index in [1.165, 1.54) is 0 Å². The van der Waals surface area contributed by atoms with Gasteiger partial charge in [-0.1, -0.05) is 105 Å². The van der Waals surface area contributed by atoms with Crippen molar-refractivity contribution in [2.45, 2.75) is 69.2 Å². The lowest BCUT2D eigenvalue weighted by atomic mass is 9.89. The molecule has 3 aromatic rings. The Morgan fingerprint density at radius 2 is 1.49 bits per heavy atom. The maximum absolute atomic E-state index is 12.5. The van der Waals surface area contributed by atoms with Crippen LogP contribution in [0.3, 0.4) is 0 Å². The van der Waals surface area contributed by atoms with E-state index in [1.807, 2.05) is 66.7 Å². The minimum atomic E-state index is -3.12. The number of rotatable bonds is 11. The lowest BCUT2D eigenvalue weighted by Gasteiger charge is -2.43. The molecule has 6 heteroatoms. The molecular weight excluding hydrogens is 480 g/mol. The summed E-state index contributed by atoms with van der Waals surface area (Å²) >= 11 is 0. The van der Waals surface area contributed by atoms with E-state index in [0.717, 1.165) is 35.2 Å². The third-order valence-corrected chi connectivity index (χ3v) is 13.1. The van der Waals surface area contributed by atoms with E-state index in [-0.39, 0.29) is 18.8 Å².